The van der Waals surface area contributed by atoms with Gasteiger partial charge in [-0.05, 0) is 69.9 Å². The van der Waals surface area contributed by atoms with Crippen LogP contribution in [0, 0.1) is 5.82 Å². The lowest BCUT2D eigenvalue weighted by atomic mass is 9.74. The zero-order valence-electron chi connectivity index (χ0n) is 18.6. The molecule has 1 heterocycles. The number of guanidine groups is 1. The van der Waals surface area contributed by atoms with Gasteiger partial charge in [0.05, 0.1) is 0 Å². The van der Waals surface area contributed by atoms with Crippen LogP contribution in [-0.2, 0) is 10.2 Å². The number of rotatable bonds is 10. The van der Waals surface area contributed by atoms with Crippen molar-refractivity contribution in [1.82, 2.24) is 15.5 Å². The third-order valence-electron chi connectivity index (χ3n) is 6.11. The van der Waals surface area contributed by atoms with Crippen LogP contribution in [-0.4, -0.2) is 63.3 Å². The summed E-state index contributed by atoms with van der Waals surface area (Å²) in [7, 11) is 1.81. The first-order chi connectivity index (χ1) is 14.0. The molecule has 2 N–H and O–H groups in total. The van der Waals surface area contributed by atoms with Gasteiger partial charge in [-0.15, -0.1) is 0 Å². The molecule has 29 heavy (non-hydrogen) atoms. The summed E-state index contributed by atoms with van der Waals surface area (Å²) >= 11 is 0. The van der Waals surface area contributed by atoms with Crippen molar-refractivity contribution in [1.29, 1.82) is 0 Å². The first kappa shape index (κ1) is 23.6. The Bertz CT molecular complexity index is 610. The Labute approximate surface area is 176 Å². The third kappa shape index (κ3) is 7.27. The van der Waals surface area contributed by atoms with E-state index in [9.17, 15) is 4.39 Å². The second-order valence-corrected chi connectivity index (χ2v) is 8.04. The Balaban J connectivity index is 1.90. The highest BCUT2D eigenvalue weighted by molar-refractivity contribution is 5.80. The lowest BCUT2D eigenvalue weighted by Crippen LogP contribution is -2.49. The first-order valence-corrected chi connectivity index (χ1v) is 11.1. The Morgan fingerprint density at radius 3 is 2.45 bits per heavy atom. The van der Waals surface area contributed by atoms with Crippen molar-refractivity contribution in [2.45, 2.75) is 57.9 Å². The number of benzene rings is 1. The molecule has 1 aromatic carbocycles. The smallest absolute Gasteiger partial charge is 0.191 e. The molecule has 1 atom stereocenters. The first-order valence-electron chi connectivity index (χ1n) is 11.1. The Morgan fingerprint density at radius 2 is 1.86 bits per heavy atom. The molecule has 0 bridgehead atoms. The zero-order valence-corrected chi connectivity index (χ0v) is 18.6. The number of halogens is 1. The SMILES string of the molecule is CCN(CC)CCCC(C)NC(=NC)NCC1(c2ccc(F)cc2)CCOCC1. The highest BCUT2D eigenvalue weighted by atomic mass is 19.1. The molecule has 0 aromatic heterocycles. The largest absolute Gasteiger partial charge is 0.381 e. The summed E-state index contributed by atoms with van der Waals surface area (Å²) in [5, 5.41) is 7.05. The standard InChI is InChI=1S/C23H39FN4O/c1-5-28(6-2)15-7-8-19(3)27-22(25-4)26-18-23(13-16-29-17-14-23)20-9-11-21(24)12-10-20/h9-12,19H,5-8,13-18H2,1-4H3,(H2,25,26,27). The van der Waals surface area contributed by atoms with Crippen LogP contribution in [0.2, 0.25) is 0 Å². The summed E-state index contributed by atoms with van der Waals surface area (Å²) in [6, 6.07) is 7.28. The lowest BCUT2D eigenvalue weighted by Gasteiger charge is -2.38. The average molecular weight is 407 g/mol. The van der Waals surface area contributed by atoms with E-state index >= 15 is 0 Å². The van der Waals surface area contributed by atoms with Crippen LogP contribution in [0.4, 0.5) is 4.39 Å². The van der Waals surface area contributed by atoms with E-state index in [-0.39, 0.29) is 11.2 Å². The summed E-state index contributed by atoms with van der Waals surface area (Å²) in [6.45, 7) is 12.2. The van der Waals surface area contributed by atoms with Crippen molar-refractivity contribution in [3.63, 3.8) is 0 Å². The van der Waals surface area contributed by atoms with Gasteiger partial charge < -0.3 is 20.3 Å². The number of aliphatic imine (C=N–C) groups is 1. The van der Waals surface area contributed by atoms with Gasteiger partial charge in [-0.25, -0.2) is 4.39 Å². The fraction of sp³-hybridized carbons (Fsp3) is 0.696. The van der Waals surface area contributed by atoms with E-state index in [1.807, 2.05) is 19.2 Å². The molecule has 6 heteroatoms. The summed E-state index contributed by atoms with van der Waals surface area (Å²) < 4.78 is 19.0. The average Bonchev–Trinajstić information content (AvgIpc) is 2.75. The second-order valence-electron chi connectivity index (χ2n) is 8.04. The molecule has 1 aromatic rings. The fourth-order valence-corrected chi connectivity index (χ4v) is 4.05. The van der Waals surface area contributed by atoms with E-state index in [2.05, 4.69) is 41.3 Å². The molecule has 2 rings (SSSR count). The monoisotopic (exact) mass is 406 g/mol. The van der Waals surface area contributed by atoms with Gasteiger partial charge in [0, 0.05) is 38.3 Å². The van der Waals surface area contributed by atoms with E-state index in [0.29, 0.717) is 6.04 Å². The van der Waals surface area contributed by atoms with Crippen LogP contribution >= 0.6 is 0 Å². The normalized spacial score (nSPS) is 17.9. The van der Waals surface area contributed by atoms with Gasteiger partial charge in [0.25, 0.3) is 0 Å². The van der Waals surface area contributed by atoms with Gasteiger partial charge >= 0.3 is 0 Å². The van der Waals surface area contributed by atoms with Gasteiger partial charge in [0.2, 0.25) is 0 Å². The zero-order chi connectivity index (χ0) is 21.1. The van der Waals surface area contributed by atoms with E-state index in [0.717, 1.165) is 70.2 Å². The van der Waals surface area contributed by atoms with E-state index in [1.54, 1.807) is 12.1 Å². The number of hydrogen-bond donors (Lipinski definition) is 2. The minimum Gasteiger partial charge on any atom is -0.381 e. The minimum atomic E-state index is -0.195. The summed E-state index contributed by atoms with van der Waals surface area (Å²) in [4.78, 5) is 6.88. The van der Waals surface area contributed by atoms with Crippen LogP contribution in [0.1, 0.15) is 52.0 Å². The molecule has 1 aliphatic rings. The lowest BCUT2D eigenvalue weighted by molar-refractivity contribution is 0.0513. The second kappa shape index (κ2) is 12.1. The molecule has 164 valence electrons. The molecule has 0 spiro atoms. The fourth-order valence-electron chi connectivity index (χ4n) is 4.05. The molecule has 0 amide bonds. The van der Waals surface area contributed by atoms with Crippen LogP contribution in [0.25, 0.3) is 0 Å². The number of ether oxygens (including phenoxy) is 1. The van der Waals surface area contributed by atoms with Crippen molar-refractivity contribution in [2.24, 2.45) is 4.99 Å². The van der Waals surface area contributed by atoms with Crippen LogP contribution in [0.15, 0.2) is 29.3 Å². The number of nitrogens with zero attached hydrogens (tertiary/aromatic N) is 2. The van der Waals surface area contributed by atoms with Gasteiger partial charge in [-0.3, -0.25) is 4.99 Å². The van der Waals surface area contributed by atoms with Crippen LogP contribution < -0.4 is 10.6 Å². The molecule has 0 radical (unpaired) electrons. The summed E-state index contributed by atoms with van der Waals surface area (Å²) in [6.07, 6.45) is 4.11. The maximum atomic E-state index is 13.4. The topological polar surface area (TPSA) is 48.9 Å². The number of nitrogens with one attached hydrogen (secondary N) is 2. The predicted octanol–water partition coefficient (Wildman–Crippen LogP) is 3.55. The quantitative estimate of drug-likeness (QED) is 0.461. The molecule has 1 unspecified atom stereocenters. The number of hydrogen-bond acceptors (Lipinski definition) is 3. The van der Waals surface area contributed by atoms with E-state index in [1.165, 1.54) is 6.42 Å². The van der Waals surface area contributed by atoms with E-state index in [4.69, 9.17) is 4.74 Å². The van der Waals surface area contributed by atoms with Crippen molar-refractivity contribution in [2.75, 3.05) is 46.4 Å². The Hall–Kier alpha value is -1.66. The van der Waals surface area contributed by atoms with E-state index < -0.39 is 0 Å². The van der Waals surface area contributed by atoms with Crippen LogP contribution in [0.3, 0.4) is 0 Å². The molecule has 0 saturated carbocycles. The van der Waals surface area contributed by atoms with Crippen molar-refractivity contribution in [3.8, 4) is 0 Å². The molecular weight excluding hydrogens is 367 g/mol. The third-order valence-corrected chi connectivity index (χ3v) is 6.11. The van der Waals surface area contributed by atoms with Gasteiger partial charge in [-0.2, -0.15) is 0 Å². The minimum absolute atomic E-state index is 0.0600. The van der Waals surface area contributed by atoms with Gasteiger partial charge in [0.1, 0.15) is 5.82 Å². The van der Waals surface area contributed by atoms with Crippen molar-refractivity contribution < 1.29 is 9.13 Å². The molecule has 0 aliphatic carbocycles. The molecule has 5 nitrogen and oxygen atoms in total. The van der Waals surface area contributed by atoms with Gasteiger partial charge in [-0.1, -0.05) is 26.0 Å². The molecular formula is C23H39FN4O. The van der Waals surface area contributed by atoms with Gasteiger partial charge in [0.15, 0.2) is 5.96 Å². The summed E-state index contributed by atoms with van der Waals surface area (Å²) in [5.41, 5.74) is 1.10. The van der Waals surface area contributed by atoms with Crippen LogP contribution in [0.5, 0.6) is 0 Å². The Kier molecular flexibility index (Phi) is 9.88. The Morgan fingerprint density at radius 1 is 1.21 bits per heavy atom. The molecule has 1 saturated heterocycles. The van der Waals surface area contributed by atoms with Crippen molar-refractivity contribution >= 4 is 5.96 Å². The molecule has 1 aliphatic heterocycles. The summed E-state index contributed by atoms with van der Waals surface area (Å²) in [5.74, 6) is 0.633. The predicted molar refractivity (Wildman–Crippen MR) is 119 cm³/mol. The molecule has 1 fully saturated rings. The maximum Gasteiger partial charge on any atom is 0.191 e. The highest BCUT2D eigenvalue weighted by Crippen LogP contribution is 2.34. The highest BCUT2D eigenvalue weighted by Gasteiger charge is 2.34. The van der Waals surface area contributed by atoms with Crippen molar-refractivity contribution in [3.05, 3.63) is 35.6 Å². The maximum absolute atomic E-state index is 13.4.